The monoisotopic (exact) mass is 340 g/mol. The average Bonchev–Trinajstić information content (AvgIpc) is 2.42. The van der Waals surface area contributed by atoms with Crippen LogP contribution in [-0.4, -0.2) is 5.91 Å². The van der Waals surface area contributed by atoms with E-state index in [0.29, 0.717) is 12.1 Å². The summed E-state index contributed by atoms with van der Waals surface area (Å²) < 4.78 is 27.0. The Morgan fingerprint density at radius 1 is 1.15 bits per heavy atom. The van der Waals surface area contributed by atoms with Crippen LogP contribution < -0.4 is 11.1 Å². The van der Waals surface area contributed by atoms with Crippen LogP contribution in [0.1, 0.15) is 15.9 Å². The molecule has 0 unspecified atom stereocenters. The lowest BCUT2D eigenvalue weighted by Gasteiger charge is -2.09. The van der Waals surface area contributed by atoms with Crippen molar-refractivity contribution in [3.05, 3.63) is 63.6 Å². The number of rotatable bonds is 4. The van der Waals surface area contributed by atoms with Crippen molar-refractivity contribution >= 4 is 27.5 Å². The van der Waals surface area contributed by atoms with Gasteiger partial charge in [0.2, 0.25) is 5.91 Å². The van der Waals surface area contributed by atoms with Gasteiger partial charge in [-0.25, -0.2) is 8.78 Å². The van der Waals surface area contributed by atoms with Crippen LogP contribution in [0.4, 0.5) is 14.5 Å². The Bertz CT molecular complexity index is 644. The SMILES string of the molecule is NC(=O)c1ccc(CNc2cc(F)c(Br)cc2F)cc1. The maximum absolute atomic E-state index is 13.6. The number of hydrogen-bond acceptors (Lipinski definition) is 2. The molecule has 0 saturated heterocycles. The van der Waals surface area contributed by atoms with Crippen LogP contribution in [0.5, 0.6) is 0 Å². The highest BCUT2D eigenvalue weighted by molar-refractivity contribution is 9.10. The van der Waals surface area contributed by atoms with Gasteiger partial charge >= 0.3 is 0 Å². The molecule has 0 aliphatic heterocycles. The molecule has 3 nitrogen and oxygen atoms in total. The Morgan fingerprint density at radius 3 is 2.40 bits per heavy atom. The Morgan fingerprint density at radius 2 is 1.80 bits per heavy atom. The fraction of sp³-hybridized carbons (Fsp3) is 0.0714. The molecule has 0 aliphatic carbocycles. The zero-order valence-corrected chi connectivity index (χ0v) is 11.9. The Labute approximate surface area is 122 Å². The molecule has 3 N–H and O–H groups in total. The predicted octanol–water partition coefficient (Wildman–Crippen LogP) is 3.44. The minimum Gasteiger partial charge on any atom is -0.379 e. The van der Waals surface area contributed by atoms with Crippen LogP contribution in [-0.2, 0) is 6.54 Å². The molecule has 6 heteroatoms. The molecule has 2 aromatic carbocycles. The van der Waals surface area contributed by atoms with E-state index in [9.17, 15) is 13.6 Å². The summed E-state index contributed by atoms with van der Waals surface area (Å²) in [6.07, 6.45) is 0. The molecule has 2 aromatic rings. The number of primary amides is 1. The number of halogens is 3. The molecule has 1 amide bonds. The van der Waals surface area contributed by atoms with E-state index < -0.39 is 17.5 Å². The van der Waals surface area contributed by atoms with Gasteiger partial charge in [0, 0.05) is 18.2 Å². The topological polar surface area (TPSA) is 55.1 Å². The Kier molecular flexibility index (Phi) is 4.34. The highest BCUT2D eigenvalue weighted by Crippen LogP contribution is 2.23. The zero-order valence-electron chi connectivity index (χ0n) is 10.3. The summed E-state index contributed by atoms with van der Waals surface area (Å²) in [5, 5.41) is 2.79. The van der Waals surface area contributed by atoms with Gasteiger partial charge in [-0.2, -0.15) is 0 Å². The van der Waals surface area contributed by atoms with Gasteiger partial charge in [-0.15, -0.1) is 0 Å². The van der Waals surface area contributed by atoms with Gasteiger partial charge in [-0.3, -0.25) is 4.79 Å². The molecule has 0 fully saturated rings. The summed E-state index contributed by atoms with van der Waals surface area (Å²) in [6, 6.07) is 8.70. The highest BCUT2D eigenvalue weighted by Gasteiger charge is 2.08. The first-order valence-corrected chi connectivity index (χ1v) is 6.54. The van der Waals surface area contributed by atoms with Crippen LogP contribution in [0.15, 0.2) is 40.9 Å². The number of carbonyl (C=O) groups is 1. The Balaban J connectivity index is 2.09. The molecule has 0 radical (unpaired) electrons. The van der Waals surface area contributed by atoms with E-state index in [0.717, 1.165) is 17.7 Å². The molecule has 0 aliphatic rings. The molecule has 0 spiro atoms. The van der Waals surface area contributed by atoms with Gasteiger partial charge in [-0.05, 0) is 39.7 Å². The summed E-state index contributed by atoms with van der Waals surface area (Å²) >= 11 is 2.91. The number of amides is 1. The van der Waals surface area contributed by atoms with E-state index in [-0.39, 0.29) is 10.2 Å². The standard InChI is InChI=1S/C14H11BrF2N2O/c15-10-5-12(17)13(6-11(10)16)19-7-8-1-3-9(4-2-8)14(18)20/h1-6,19H,7H2,(H2,18,20). The molecule has 2 rings (SSSR count). The number of carbonyl (C=O) groups excluding carboxylic acids is 1. The first-order valence-electron chi connectivity index (χ1n) is 5.74. The van der Waals surface area contributed by atoms with Gasteiger partial charge < -0.3 is 11.1 Å². The van der Waals surface area contributed by atoms with Crippen molar-refractivity contribution in [1.82, 2.24) is 0 Å². The summed E-state index contributed by atoms with van der Waals surface area (Å²) in [7, 11) is 0. The lowest BCUT2D eigenvalue weighted by molar-refractivity contribution is 0.100. The normalized spacial score (nSPS) is 10.3. The smallest absolute Gasteiger partial charge is 0.248 e. The van der Waals surface area contributed by atoms with E-state index >= 15 is 0 Å². The van der Waals surface area contributed by atoms with Crippen molar-refractivity contribution in [2.45, 2.75) is 6.54 Å². The summed E-state index contributed by atoms with van der Waals surface area (Å²) in [4.78, 5) is 10.9. The number of nitrogens with one attached hydrogen (secondary N) is 1. The quantitative estimate of drug-likeness (QED) is 0.837. The molecular weight excluding hydrogens is 330 g/mol. The van der Waals surface area contributed by atoms with Gasteiger partial charge in [-0.1, -0.05) is 12.1 Å². The number of nitrogens with two attached hydrogens (primary N) is 1. The molecular formula is C14H11BrF2N2O. The van der Waals surface area contributed by atoms with Gasteiger partial charge in [0.15, 0.2) is 0 Å². The number of hydrogen-bond donors (Lipinski definition) is 2. The van der Waals surface area contributed by atoms with E-state index in [4.69, 9.17) is 5.73 Å². The minimum atomic E-state index is -0.549. The molecule has 0 bridgehead atoms. The molecule has 0 saturated carbocycles. The van der Waals surface area contributed by atoms with E-state index in [1.165, 1.54) is 0 Å². The maximum Gasteiger partial charge on any atom is 0.248 e. The summed E-state index contributed by atoms with van der Waals surface area (Å²) in [5.41, 5.74) is 6.42. The number of anilines is 1. The highest BCUT2D eigenvalue weighted by atomic mass is 79.9. The zero-order chi connectivity index (χ0) is 14.7. The second-order valence-electron chi connectivity index (χ2n) is 4.16. The van der Waals surface area contributed by atoms with Gasteiger partial charge in [0.25, 0.3) is 0 Å². The average molecular weight is 341 g/mol. The fourth-order valence-electron chi connectivity index (χ4n) is 1.64. The number of benzene rings is 2. The van der Waals surface area contributed by atoms with Crippen molar-refractivity contribution in [3.63, 3.8) is 0 Å². The predicted molar refractivity (Wildman–Crippen MR) is 76.3 cm³/mol. The third kappa shape index (κ3) is 3.33. The summed E-state index contributed by atoms with van der Waals surface area (Å²) in [6.45, 7) is 0.303. The molecule has 20 heavy (non-hydrogen) atoms. The lowest BCUT2D eigenvalue weighted by atomic mass is 10.1. The molecule has 0 aromatic heterocycles. The van der Waals surface area contributed by atoms with Crippen LogP contribution in [0.3, 0.4) is 0 Å². The van der Waals surface area contributed by atoms with Gasteiger partial charge in [0.1, 0.15) is 11.6 Å². The summed E-state index contributed by atoms with van der Waals surface area (Å²) in [5.74, 6) is -1.60. The van der Waals surface area contributed by atoms with E-state index in [2.05, 4.69) is 21.2 Å². The van der Waals surface area contributed by atoms with Crippen molar-refractivity contribution < 1.29 is 13.6 Å². The Hall–Kier alpha value is -1.95. The largest absolute Gasteiger partial charge is 0.379 e. The van der Waals surface area contributed by atoms with Gasteiger partial charge in [0.05, 0.1) is 10.2 Å². The molecule has 104 valence electrons. The van der Waals surface area contributed by atoms with Crippen LogP contribution in [0.25, 0.3) is 0 Å². The van der Waals surface area contributed by atoms with Crippen molar-refractivity contribution in [3.8, 4) is 0 Å². The molecule has 0 atom stereocenters. The minimum absolute atomic E-state index is 0.0738. The third-order valence-electron chi connectivity index (χ3n) is 2.73. The van der Waals surface area contributed by atoms with Crippen LogP contribution in [0.2, 0.25) is 0 Å². The lowest BCUT2D eigenvalue weighted by Crippen LogP contribution is -2.11. The van der Waals surface area contributed by atoms with Crippen LogP contribution in [0, 0.1) is 11.6 Å². The van der Waals surface area contributed by atoms with E-state index in [1.54, 1.807) is 24.3 Å². The fourth-order valence-corrected chi connectivity index (χ4v) is 1.96. The maximum atomic E-state index is 13.6. The molecule has 0 heterocycles. The van der Waals surface area contributed by atoms with Crippen LogP contribution >= 0.6 is 15.9 Å². The van der Waals surface area contributed by atoms with Crippen molar-refractivity contribution in [2.24, 2.45) is 5.73 Å². The second-order valence-corrected chi connectivity index (χ2v) is 5.02. The first-order chi connectivity index (χ1) is 9.47. The first kappa shape index (κ1) is 14.5. The third-order valence-corrected chi connectivity index (χ3v) is 3.34. The van der Waals surface area contributed by atoms with E-state index in [1.807, 2.05) is 0 Å². The second kappa shape index (κ2) is 6.00. The van der Waals surface area contributed by atoms with Crippen molar-refractivity contribution in [1.29, 1.82) is 0 Å². The van der Waals surface area contributed by atoms with Crippen molar-refractivity contribution in [2.75, 3.05) is 5.32 Å².